The van der Waals surface area contributed by atoms with Gasteiger partial charge in [-0.2, -0.15) is 0 Å². The standard InChI is InChI=1S/C18H22O2/c1-4-6-9-15-13-18(12-5-2,20-14(3)19)17-11-8-7-10-16(15)17/h5,7-8,10-11,13H,2,4,6,9,12H2,1,3H3. The summed E-state index contributed by atoms with van der Waals surface area (Å²) >= 11 is 0. The van der Waals surface area contributed by atoms with Crippen molar-refractivity contribution in [3.63, 3.8) is 0 Å². The van der Waals surface area contributed by atoms with Crippen LogP contribution in [-0.2, 0) is 15.1 Å². The summed E-state index contributed by atoms with van der Waals surface area (Å²) in [7, 11) is 0. The SMILES string of the molecule is C=CCC1(OC(C)=O)C=C(CCCC)c2ccccc21. The molecule has 1 aliphatic carbocycles. The molecule has 106 valence electrons. The molecule has 0 saturated carbocycles. The molecule has 0 fully saturated rings. The van der Waals surface area contributed by atoms with E-state index in [9.17, 15) is 4.79 Å². The highest BCUT2D eigenvalue weighted by Crippen LogP contribution is 2.45. The van der Waals surface area contributed by atoms with Gasteiger partial charge in [0.2, 0.25) is 0 Å². The molecular formula is C18H22O2. The van der Waals surface area contributed by atoms with Crippen LogP contribution in [-0.4, -0.2) is 5.97 Å². The number of benzene rings is 1. The first-order chi connectivity index (χ1) is 9.63. The van der Waals surface area contributed by atoms with Gasteiger partial charge < -0.3 is 4.74 Å². The van der Waals surface area contributed by atoms with Crippen LogP contribution in [0.1, 0.15) is 50.7 Å². The predicted molar refractivity (Wildman–Crippen MR) is 82.2 cm³/mol. The van der Waals surface area contributed by atoms with E-state index in [1.54, 1.807) is 0 Å². The molecule has 20 heavy (non-hydrogen) atoms. The second-order valence-electron chi connectivity index (χ2n) is 5.29. The molecule has 1 aromatic rings. The van der Waals surface area contributed by atoms with Crippen LogP contribution in [0.25, 0.3) is 5.57 Å². The Morgan fingerprint density at radius 3 is 2.80 bits per heavy atom. The first-order valence-corrected chi connectivity index (χ1v) is 7.25. The van der Waals surface area contributed by atoms with Gasteiger partial charge in [-0.3, -0.25) is 4.79 Å². The maximum atomic E-state index is 11.5. The lowest BCUT2D eigenvalue weighted by molar-refractivity contribution is -0.152. The van der Waals surface area contributed by atoms with E-state index < -0.39 is 5.60 Å². The smallest absolute Gasteiger partial charge is 0.303 e. The zero-order valence-electron chi connectivity index (χ0n) is 12.3. The van der Waals surface area contributed by atoms with E-state index in [-0.39, 0.29) is 5.97 Å². The molecule has 1 atom stereocenters. The predicted octanol–water partition coefficient (Wildman–Crippen LogP) is 4.61. The van der Waals surface area contributed by atoms with Crippen LogP contribution in [0.3, 0.4) is 0 Å². The van der Waals surface area contributed by atoms with Gasteiger partial charge in [0.1, 0.15) is 0 Å². The maximum Gasteiger partial charge on any atom is 0.303 e. The molecule has 2 rings (SSSR count). The molecule has 0 amide bonds. The minimum absolute atomic E-state index is 0.255. The number of esters is 1. The van der Waals surface area contributed by atoms with Gasteiger partial charge in [0.25, 0.3) is 0 Å². The third kappa shape index (κ3) is 2.69. The summed E-state index contributed by atoms with van der Waals surface area (Å²) in [5.41, 5.74) is 2.92. The third-order valence-corrected chi connectivity index (χ3v) is 3.71. The molecule has 0 aliphatic heterocycles. The van der Waals surface area contributed by atoms with Crippen molar-refractivity contribution in [2.75, 3.05) is 0 Å². The molecule has 2 heteroatoms. The van der Waals surface area contributed by atoms with E-state index in [1.807, 2.05) is 18.2 Å². The Labute approximate surface area is 121 Å². The number of allylic oxidation sites excluding steroid dienone is 1. The van der Waals surface area contributed by atoms with Gasteiger partial charge in [0, 0.05) is 18.9 Å². The number of fused-ring (bicyclic) bond motifs is 1. The Hall–Kier alpha value is -1.83. The summed E-state index contributed by atoms with van der Waals surface area (Å²) in [6.45, 7) is 7.46. The molecule has 0 bridgehead atoms. The van der Waals surface area contributed by atoms with Gasteiger partial charge in [0.05, 0.1) is 0 Å². The van der Waals surface area contributed by atoms with E-state index in [1.165, 1.54) is 18.1 Å². The van der Waals surface area contributed by atoms with Gasteiger partial charge in [-0.05, 0) is 30.1 Å². The Balaban J connectivity index is 2.47. The highest BCUT2D eigenvalue weighted by atomic mass is 16.6. The van der Waals surface area contributed by atoms with Gasteiger partial charge in [-0.25, -0.2) is 0 Å². The van der Waals surface area contributed by atoms with Crippen molar-refractivity contribution in [2.45, 2.75) is 45.1 Å². The average molecular weight is 270 g/mol. The Morgan fingerprint density at radius 2 is 2.15 bits per heavy atom. The highest BCUT2D eigenvalue weighted by molar-refractivity contribution is 5.78. The first-order valence-electron chi connectivity index (χ1n) is 7.25. The summed E-state index contributed by atoms with van der Waals surface area (Å²) in [5, 5.41) is 0. The van der Waals surface area contributed by atoms with Crippen LogP contribution in [0.15, 0.2) is 43.0 Å². The third-order valence-electron chi connectivity index (χ3n) is 3.71. The molecule has 0 spiro atoms. The zero-order chi connectivity index (χ0) is 14.6. The fraction of sp³-hybridized carbons (Fsp3) is 0.389. The Kier molecular flexibility index (Phi) is 4.43. The molecule has 1 aliphatic rings. The number of carbonyl (C=O) groups is 1. The second kappa shape index (κ2) is 6.08. The number of carbonyl (C=O) groups excluding carboxylic acids is 1. The molecule has 0 aromatic heterocycles. The summed E-state index contributed by atoms with van der Waals surface area (Å²) in [6, 6.07) is 8.20. The van der Waals surface area contributed by atoms with Gasteiger partial charge in [-0.1, -0.05) is 43.7 Å². The van der Waals surface area contributed by atoms with Crippen molar-refractivity contribution in [1.29, 1.82) is 0 Å². The van der Waals surface area contributed by atoms with Crippen molar-refractivity contribution in [1.82, 2.24) is 0 Å². The van der Waals surface area contributed by atoms with E-state index in [4.69, 9.17) is 4.74 Å². The molecule has 0 N–H and O–H groups in total. The lowest BCUT2D eigenvalue weighted by atomic mass is 9.92. The van der Waals surface area contributed by atoms with Crippen LogP contribution in [0.2, 0.25) is 0 Å². The normalized spacial score (nSPS) is 20.2. The summed E-state index contributed by atoms with van der Waals surface area (Å²) in [6.07, 6.45) is 7.87. The van der Waals surface area contributed by atoms with Crippen LogP contribution in [0.5, 0.6) is 0 Å². The van der Waals surface area contributed by atoms with Gasteiger partial charge >= 0.3 is 5.97 Å². The number of hydrogen-bond donors (Lipinski definition) is 0. The van der Waals surface area contributed by atoms with E-state index in [0.29, 0.717) is 6.42 Å². The Bertz CT molecular complexity index is 542. The molecule has 1 unspecified atom stereocenters. The van der Waals surface area contributed by atoms with Crippen LogP contribution in [0, 0.1) is 0 Å². The fourth-order valence-corrected chi connectivity index (χ4v) is 2.91. The summed E-state index contributed by atoms with van der Waals surface area (Å²) in [5.74, 6) is -0.255. The van der Waals surface area contributed by atoms with Crippen LogP contribution < -0.4 is 0 Å². The van der Waals surface area contributed by atoms with E-state index >= 15 is 0 Å². The molecular weight excluding hydrogens is 248 g/mol. The molecule has 0 saturated heterocycles. The van der Waals surface area contributed by atoms with Gasteiger partial charge in [0.15, 0.2) is 5.60 Å². The Morgan fingerprint density at radius 1 is 1.40 bits per heavy atom. The fourth-order valence-electron chi connectivity index (χ4n) is 2.91. The van der Waals surface area contributed by atoms with Crippen molar-refractivity contribution in [2.24, 2.45) is 0 Å². The summed E-state index contributed by atoms with van der Waals surface area (Å²) in [4.78, 5) is 11.5. The average Bonchev–Trinajstić information content (AvgIpc) is 2.71. The number of rotatable bonds is 6. The molecule has 0 heterocycles. The monoisotopic (exact) mass is 270 g/mol. The number of ether oxygens (including phenoxy) is 1. The zero-order valence-corrected chi connectivity index (χ0v) is 12.3. The van der Waals surface area contributed by atoms with E-state index in [2.05, 4.69) is 31.7 Å². The minimum atomic E-state index is -0.659. The van der Waals surface area contributed by atoms with Crippen molar-refractivity contribution >= 4 is 11.5 Å². The first kappa shape index (κ1) is 14.6. The minimum Gasteiger partial charge on any atom is -0.450 e. The largest absolute Gasteiger partial charge is 0.450 e. The lowest BCUT2D eigenvalue weighted by Gasteiger charge is -2.27. The van der Waals surface area contributed by atoms with Crippen molar-refractivity contribution in [3.8, 4) is 0 Å². The van der Waals surface area contributed by atoms with Gasteiger partial charge in [-0.15, -0.1) is 6.58 Å². The summed E-state index contributed by atoms with van der Waals surface area (Å²) < 4.78 is 5.69. The molecule has 1 aromatic carbocycles. The molecule has 2 nitrogen and oxygen atoms in total. The van der Waals surface area contributed by atoms with Crippen LogP contribution >= 0.6 is 0 Å². The van der Waals surface area contributed by atoms with Crippen molar-refractivity contribution < 1.29 is 9.53 Å². The van der Waals surface area contributed by atoms with Crippen LogP contribution in [0.4, 0.5) is 0 Å². The second-order valence-corrected chi connectivity index (χ2v) is 5.29. The highest BCUT2D eigenvalue weighted by Gasteiger charge is 2.39. The molecule has 0 radical (unpaired) electrons. The number of hydrogen-bond acceptors (Lipinski definition) is 2. The van der Waals surface area contributed by atoms with E-state index in [0.717, 1.165) is 24.8 Å². The lowest BCUT2D eigenvalue weighted by Crippen LogP contribution is -2.27. The topological polar surface area (TPSA) is 26.3 Å². The number of unbranched alkanes of at least 4 members (excludes halogenated alkanes) is 1. The van der Waals surface area contributed by atoms with Crippen molar-refractivity contribution in [3.05, 3.63) is 54.1 Å². The quantitative estimate of drug-likeness (QED) is 0.557. The maximum absolute atomic E-state index is 11.5.